The van der Waals surface area contributed by atoms with Crippen LogP contribution < -0.4 is 14.8 Å². The Kier molecular flexibility index (Phi) is 6.67. The number of hydrogen-bond acceptors (Lipinski definition) is 5. The van der Waals surface area contributed by atoms with Crippen molar-refractivity contribution in [2.24, 2.45) is 0 Å². The summed E-state index contributed by atoms with van der Waals surface area (Å²) in [6.45, 7) is 1.57. The number of ether oxygens (including phenoxy) is 4. The van der Waals surface area contributed by atoms with Gasteiger partial charge in [-0.15, -0.1) is 0 Å². The second-order valence-electron chi connectivity index (χ2n) is 7.31. The van der Waals surface area contributed by atoms with Gasteiger partial charge in [0.05, 0.1) is 6.61 Å². The molecule has 0 spiro atoms. The molecule has 4 rings (SSSR count). The van der Waals surface area contributed by atoms with Gasteiger partial charge >= 0.3 is 0 Å². The van der Waals surface area contributed by atoms with Gasteiger partial charge in [-0.2, -0.15) is 0 Å². The van der Waals surface area contributed by atoms with E-state index < -0.39 is 0 Å². The number of fused-ring (bicyclic) bond motifs is 1. The van der Waals surface area contributed by atoms with Crippen molar-refractivity contribution >= 4 is 12.0 Å². The summed E-state index contributed by atoms with van der Waals surface area (Å²) in [5.74, 6) is 1.24. The molecule has 1 saturated heterocycles. The highest BCUT2D eigenvalue weighted by Crippen LogP contribution is 2.40. The van der Waals surface area contributed by atoms with Gasteiger partial charge in [0.25, 0.3) is 0 Å². The molecular weight excluding hydrogens is 382 g/mol. The fourth-order valence-electron chi connectivity index (χ4n) is 3.72. The molecule has 0 bridgehead atoms. The summed E-state index contributed by atoms with van der Waals surface area (Å²) in [5, 5.41) is 2.61. The Labute approximate surface area is 176 Å². The van der Waals surface area contributed by atoms with Crippen LogP contribution in [0.25, 0.3) is 17.2 Å². The molecule has 30 heavy (non-hydrogen) atoms. The van der Waals surface area contributed by atoms with Crippen molar-refractivity contribution in [2.45, 2.75) is 32.0 Å². The van der Waals surface area contributed by atoms with Crippen LogP contribution in [0.15, 0.2) is 42.5 Å². The Hall–Kier alpha value is -2.83. The van der Waals surface area contributed by atoms with Gasteiger partial charge in [-0.05, 0) is 66.1 Å². The molecule has 2 aromatic carbocycles. The van der Waals surface area contributed by atoms with Crippen molar-refractivity contribution in [3.63, 3.8) is 0 Å². The first-order valence-electron chi connectivity index (χ1n) is 10.4. The SMILES string of the molecule is CNC(=O)/C=C/c1cc2c(cc1-c1ccccc1CCOC1CCCCO1)OCO2. The predicted molar refractivity (Wildman–Crippen MR) is 114 cm³/mol. The second kappa shape index (κ2) is 9.78. The maximum atomic E-state index is 11.7. The maximum Gasteiger partial charge on any atom is 0.243 e. The number of carbonyl (C=O) groups is 1. The fraction of sp³-hybridized carbons (Fsp3) is 0.375. The molecule has 1 atom stereocenters. The third-order valence-electron chi connectivity index (χ3n) is 5.33. The summed E-state index contributed by atoms with van der Waals surface area (Å²) in [4.78, 5) is 11.7. The maximum absolute atomic E-state index is 11.7. The first-order valence-corrected chi connectivity index (χ1v) is 10.4. The number of likely N-dealkylation sites (N-methyl/N-ethyl adjacent to an activating group) is 1. The lowest BCUT2D eigenvalue weighted by atomic mass is 9.93. The Morgan fingerprint density at radius 1 is 1.17 bits per heavy atom. The monoisotopic (exact) mass is 409 g/mol. The Balaban J connectivity index is 1.59. The molecule has 158 valence electrons. The quantitative estimate of drug-likeness (QED) is 0.702. The third kappa shape index (κ3) is 4.83. The van der Waals surface area contributed by atoms with Crippen LogP contribution in [0.2, 0.25) is 0 Å². The minimum Gasteiger partial charge on any atom is -0.454 e. The Morgan fingerprint density at radius 3 is 2.80 bits per heavy atom. The standard InChI is InChI=1S/C24H27NO5/c1-25-23(26)10-9-18-14-21-22(30-16-29-21)15-20(18)19-7-3-2-6-17(19)11-13-28-24-8-4-5-12-27-24/h2-3,6-7,9-10,14-15,24H,4-5,8,11-13,16H2,1H3,(H,25,26)/b10-9+. The van der Waals surface area contributed by atoms with Gasteiger partial charge in [-0.1, -0.05) is 24.3 Å². The van der Waals surface area contributed by atoms with Gasteiger partial charge in [0.1, 0.15) is 0 Å². The van der Waals surface area contributed by atoms with Crippen molar-refractivity contribution in [1.29, 1.82) is 0 Å². The van der Waals surface area contributed by atoms with Crippen molar-refractivity contribution in [3.8, 4) is 22.6 Å². The minimum atomic E-state index is -0.159. The molecule has 2 aliphatic rings. The Morgan fingerprint density at radius 2 is 2.00 bits per heavy atom. The van der Waals surface area contributed by atoms with Crippen molar-refractivity contribution in [3.05, 3.63) is 53.6 Å². The number of carbonyl (C=O) groups excluding carboxylic acids is 1. The van der Waals surface area contributed by atoms with E-state index in [0.717, 1.165) is 49.0 Å². The van der Waals surface area contributed by atoms with E-state index in [4.69, 9.17) is 18.9 Å². The van der Waals surface area contributed by atoms with Crippen LogP contribution in [0.3, 0.4) is 0 Å². The van der Waals surface area contributed by atoms with Crippen molar-refractivity contribution in [2.75, 3.05) is 27.1 Å². The van der Waals surface area contributed by atoms with Crippen LogP contribution in [0.1, 0.15) is 30.4 Å². The van der Waals surface area contributed by atoms with E-state index in [1.807, 2.05) is 24.3 Å². The summed E-state index contributed by atoms with van der Waals surface area (Å²) in [6, 6.07) is 12.1. The van der Waals surface area contributed by atoms with E-state index >= 15 is 0 Å². The van der Waals surface area contributed by atoms with Crippen LogP contribution in [0.4, 0.5) is 0 Å². The van der Waals surface area contributed by atoms with Gasteiger partial charge in [-0.3, -0.25) is 4.79 Å². The van der Waals surface area contributed by atoms with Gasteiger partial charge in [0, 0.05) is 19.7 Å². The molecule has 2 aromatic rings. The van der Waals surface area contributed by atoms with Gasteiger partial charge in [0.2, 0.25) is 12.7 Å². The lowest BCUT2D eigenvalue weighted by Crippen LogP contribution is -2.23. The number of hydrogen-bond donors (Lipinski definition) is 1. The zero-order valence-corrected chi connectivity index (χ0v) is 17.2. The molecule has 2 aliphatic heterocycles. The molecule has 1 N–H and O–H groups in total. The van der Waals surface area contributed by atoms with Gasteiger partial charge < -0.3 is 24.3 Å². The van der Waals surface area contributed by atoms with Crippen molar-refractivity contribution < 1.29 is 23.7 Å². The molecule has 1 unspecified atom stereocenters. The smallest absolute Gasteiger partial charge is 0.243 e. The topological polar surface area (TPSA) is 66.0 Å². The molecule has 0 saturated carbocycles. The zero-order chi connectivity index (χ0) is 20.8. The first-order chi connectivity index (χ1) is 14.7. The van der Waals surface area contributed by atoms with E-state index in [0.29, 0.717) is 18.1 Å². The highest BCUT2D eigenvalue weighted by Gasteiger charge is 2.19. The second-order valence-corrected chi connectivity index (χ2v) is 7.31. The summed E-state index contributed by atoms with van der Waals surface area (Å²) in [6.07, 6.45) is 7.22. The van der Waals surface area contributed by atoms with E-state index in [2.05, 4.69) is 17.4 Å². The van der Waals surface area contributed by atoms with E-state index in [-0.39, 0.29) is 19.0 Å². The Bertz CT molecular complexity index is 918. The van der Waals surface area contributed by atoms with Crippen molar-refractivity contribution in [1.82, 2.24) is 5.32 Å². The predicted octanol–water partition coefficient (Wildman–Crippen LogP) is 3.93. The summed E-state index contributed by atoms with van der Waals surface area (Å²) in [7, 11) is 1.61. The molecule has 0 aromatic heterocycles. The number of amides is 1. The van der Waals surface area contributed by atoms with Crippen LogP contribution in [0, 0.1) is 0 Å². The molecule has 0 aliphatic carbocycles. The van der Waals surface area contributed by atoms with Gasteiger partial charge in [0.15, 0.2) is 17.8 Å². The molecular formula is C24H27NO5. The average molecular weight is 409 g/mol. The van der Waals surface area contributed by atoms with E-state index in [9.17, 15) is 4.79 Å². The molecule has 1 amide bonds. The highest BCUT2D eigenvalue weighted by atomic mass is 16.7. The lowest BCUT2D eigenvalue weighted by molar-refractivity contribution is -0.161. The third-order valence-corrected chi connectivity index (χ3v) is 5.33. The molecule has 0 radical (unpaired) electrons. The molecule has 2 heterocycles. The molecule has 1 fully saturated rings. The number of rotatable bonds is 7. The first kappa shape index (κ1) is 20.4. The molecule has 6 nitrogen and oxygen atoms in total. The van der Waals surface area contributed by atoms with Gasteiger partial charge in [-0.25, -0.2) is 0 Å². The number of nitrogens with one attached hydrogen (secondary N) is 1. The summed E-state index contributed by atoms with van der Waals surface area (Å²) >= 11 is 0. The van der Waals surface area contributed by atoms with Crippen LogP contribution in [-0.2, 0) is 20.7 Å². The van der Waals surface area contributed by atoms with Crippen LogP contribution in [0.5, 0.6) is 11.5 Å². The number of benzene rings is 2. The van der Waals surface area contributed by atoms with Crippen LogP contribution in [-0.4, -0.2) is 39.3 Å². The molecule has 6 heteroatoms. The normalized spacial score (nSPS) is 18.0. The van der Waals surface area contributed by atoms with Crippen LogP contribution >= 0.6 is 0 Å². The summed E-state index contributed by atoms with van der Waals surface area (Å²) in [5.41, 5.74) is 4.14. The fourth-order valence-corrected chi connectivity index (χ4v) is 3.72. The average Bonchev–Trinajstić information content (AvgIpc) is 3.25. The minimum absolute atomic E-state index is 0.0949. The summed E-state index contributed by atoms with van der Waals surface area (Å²) < 4.78 is 22.7. The van der Waals surface area contributed by atoms with E-state index in [1.54, 1.807) is 13.1 Å². The van der Waals surface area contributed by atoms with E-state index in [1.165, 1.54) is 11.6 Å². The highest BCUT2D eigenvalue weighted by molar-refractivity contribution is 5.93. The zero-order valence-electron chi connectivity index (χ0n) is 17.2. The lowest BCUT2D eigenvalue weighted by Gasteiger charge is -2.23. The largest absolute Gasteiger partial charge is 0.454 e.